The van der Waals surface area contributed by atoms with E-state index in [1.165, 1.54) is 0 Å². The maximum Gasteiger partial charge on any atom is 0.472 e. The third-order valence-electron chi connectivity index (χ3n) is 2.90. The summed E-state index contributed by atoms with van der Waals surface area (Å²) in [6.45, 7) is -2.66. The van der Waals surface area contributed by atoms with E-state index in [9.17, 15) is 14.6 Å². The van der Waals surface area contributed by atoms with Crippen molar-refractivity contribution < 1.29 is 40.9 Å². The predicted octanol–water partition coefficient (Wildman–Crippen LogP) is -0.580. The van der Waals surface area contributed by atoms with Crippen LogP contribution >= 0.6 is 7.82 Å². The lowest BCUT2D eigenvalue weighted by Crippen LogP contribution is -2.29. The Balaban J connectivity index is 1.83. The number of hydrogen-bond acceptors (Lipinski definition) is 7. The van der Waals surface area contributed by atoms with Crippen LogP contribution in [0.4, 0.5) is 0 Å². The molecule has 9 heteroatoms. The fraction of sp³-hybridized carbons (Fsp3) is 1.00. The first kappa shape index (κ1) is 12.7. The van der Waals surface area contributed by atoms with Gasteiger partial charge < -0.3 is 24.6 Å². The Morgan fingerprint density at radius 3 is 2.63 bits per heavy atom. The van der Waals surface area contributed by atoms with Crippen LogP contribution in [0.3, 0.4) is 0 Å². The van der Waals surface area contributed by atoms with Crippen LogP contribution in [0.5, 0.6) is 0 Å². The number of aliphatic hydroxyl groups excluding tert-OH is 2. The summed E-state index contributed by atoms with van der Waals surface area (Å²) in [5.74, 6) is 0. The average molecular weight is 302 g/mol. The van der Waals surface area contributed by atoms with E-state index < -0.39 is 58.6 Å². The summed E-state index contributed by atoms with van der Waals surface area (Å²) in [6.07, 6.45) is -3.45. The molecule has 0 aromatic carbocycles. The first-order chi connectivity index (χ1) is 9.80. The van der Waals surface area contributed by atoms with Gasteiger partial charge in [-0.2, -0.15) is 0 Å². The predicted molar refractivity (Wildman–Crippen MR) is 62.5 cm³/mol. The van der Waals surface area contributed by atoms with Gasteiger partial charge in [-0.3, -0.25) is 9.05 Å². The van der Waals surface area contributed by atoms with Gasteiger partial charge in [0.15, 0.2) is 0 Å². The molecule has 2 aliphatic heterocycles. The van der Waals surface area contributed by atoms with Crippen molar-refractivity contribution in [2.24, 2.45) is 0 Å². The van der Waals surface area contributed by atoms with Gasteiger partial charge in [0.1, 0.15) is 18.3 Å². The smallest absolute Gasteiger partial charge is 0.394 e. The molecule has 0 bridgehead atoms. The second kappa shape index (κ2) is 6.60. The minimum absolute atomic E-state index is 0.0382. The van der Waals surface area contributed by atoms with Crippen molar-refractivity contribution in [1.82, 2.24) is 0 Å². The number of phosphoric ester groups is 1. The molecule has 0 aromatic rings. The number of aliphatic hydroxyl groups is 2. The number of phosphoric acid groups is 1. The van der Waals surface area contributed by atoms with Gasteiger partial charge >= 0.3 is 7.82 Å². The highest BCUT2D eigenvalue weighted by Crippen LogP contribution is 2.47. The van der Waals surface area contributed by atoms with Crippen molar-refractivity contribution in [3.63, 3.8) is 0 Å². The van der Waals surface area contributed by atoms with E-state index >= 15 is 0 Å². The van der Waals surface area contributed by atoms with Crippen molar-refractivity contribution >= 4 is 7.82 Å². The summed E-state index contributed by atoms with van der Waals surface area (Å²) in [5, 5.41) is 18.6. The normalized spacial score (nSPS) is 47.7. The zero-order chi connectivity index (χ0) is 15.6. The zero-order valence-corrected chi connectivity index (χ0v) is 11.0. The second-order valence-electron chi connectivity index (χ2n) is 4.31. The van der Waals surface area contributed by atoms with Crippen LogP contribution in [0.2, 0.25) is 0 Å². The molecule has 8 nitrogen and oxygen atoms in total. The molecule has 3 N–H and O–H groups in total. The maximum absolute atomic E-state index is 11.8. The third kappa shape index (κ3) is 4.21. The van der Waals surface area contributed by atoms with Crippen molar-refractivity contribution in [3.8, 4) is 0 Å². The summed E-state index contributed by atoms with van der Waals surface area (Å²) in [4.78, 5) is 9.62. The molecule has 0 aliphatic carbocycles. The van der Waals surface area contributed by atoms with Crippen LogP contribution in [0, 0.1) is 0 Å². The summed E-state index contributed by atoms with van der Waals surface area (Å²) in [7, 11) is -4.44. The lowest BCUT2D eigenvalue weighted by atomic mass is 10.2. The summed E-state index contributed by atoms with van der Waals surface area (Å²) >= 11 is 0. The molecule has 2 fully saturated rings. The lowest BCUT2D eigenvalue weighted by Gasteiger charge is -2.21. The van der Waals surface area contributed by atoms with E-state index in [4.69, 9.17) is 26.4 Å². The van der Waals surface area contributed by atoms with E-state index in [0.717, 1.165) is 0 Å². The average Bonchev–Trinajstić information content (AvgIpc) is 2.88. The highest BCUT2D eigenvalue weighted by atomic mass is 31.2. The van der Waals surface area contributed by atoms with E-state index in [0.29, 0.717) is 0 Å². The molecule has 0 aromatic heterocycles. The molecule has 19 heavy (non-hydrogen) atoms. The highest BCUT2D eigenvalue weighted by molar-refractivity contribution is 7.47. The molecule has 7 atom stereocenters. The Kier molecular flexibility index (Phi) is 4.40. The molecule has 2 aliphatic rings. The van der Waals surface area contributed by atoms with Crippen molar-refractivity contribution in [2.75, 3.05) is 26.4 Å². The van der Waals surface area contributed by atoms with Gasteiger partial charge in [-0.25, -0.2) is 4.57 Å². The molecule has 0 radical (unpaired) electrons. The number of hydrogen-bond donors (Lipinski definition) is 3. The van der Waals surface area contributed by atoms with Crippen molar-refractivity contribution in [3.05, 3.63) is 0 Å². The standard InChI is InChI=1S/C10H19O8P/c11-5-9-8(2-4-15-9)18-19(13,14)17-6-10-7(12)1-3-16-10/h7-12H,1-6H2,(H,13,14)/t7?,8?,9-,10-/m1/s1/i3T,4T/t3-,4+,7?,8?,9+,10+/m0. The van der Waals surface area contributed by atoms with Gasteiger partial charge in [0, 0.05) is 19.6 Å². The van der Waals surface area contributed by atoms with E-state index in [-0.39, 0.29) is 12.8 Å². The molecule has 2 heterocycles. The third-order valence-corrected chi connectivity index (χ3v) is 3.92. The minimum Gasteiger partial charge on any atom is -0.394 e. The molecule has 0 amide bonds. The quantitative estimate of drug-likeness (QED) is 0.558. The van der Waals surface area contributed by atoms with Crippen LogP contribution in [0.15, 0.2) is 0 Å². The van der Waals surface area contributed by atoms with Gasteiger partial charge in [-0.1, -0.05) is 0 Å². The second-order valence-corrected chi connectivity index (χ2v) is 5.72. The first-order valence-corrected chi connectivity index (χ1v) is 7.40. The van der Waals surface area contributed by atoms with Gasteiger partial charge in [0.25, 0.3) is 0 Å². The van der Waals surface area contributed by atoms with Gasteiger partial charge in [0.05, 0.1) is 22.1 Å². The van der Waals surface area contributed by atoms with Gasteiger partial charge in [0.2, 0.25) is 0 Å². The van der Waals surface area contributed by atoms with Crippen LogP contribution in [0.1, 0.15) is 15.6 Å². The van der Waals surface area contributed by atoms with Crippen LogP contribution in [-0.2, 0) is 23.1 Å². The fourth-order valence-electron chi connectivity index (χ4n) is 1.82. The minimum atomic E-state index is -4.44. The lowest BCUT2D eigenvalue weighted by molar-refractivity contribution is -0.0190. The first-order valence-electron chi connectivity index (χ1n) is 7.06. The fourth-order valence-corrected chi connectivity index (χ4v) is 2.78. The molecular weight excluding hydrogens is 279 g/mol. The maximum atomic E-state index is 11.8. The highest BCUT2D eigenvalue weighted by Gasteiger charge is 2.37. The molecule has 2 rings (SSSR count). The van der Waals surface area contributed by atoms with E-state index in [2.05, 4.69) is 0 Å². The summed E-state index contributed by atoms with van der Waals surface area (Å²) < 4.78 is 46.2. The molecule has 2 saturated heterocycles. The Hall–Kier alpha value is -0.0500. The SMILES string of the molecule is [3H][C@@H]1CC(OP(=O)(O)OC[C@H]2O[C@@H]([3H])CC2O)[C@@H](CO)O1. The largest absolute Gasteiger partial charge is 0.472 e. The number of rotatable bonds is 6. The molecule has 3 unspecified atom stereocenters. The number of ether oxygens (including phenoxy) is 2. The molecular formula is C10H19O8P. The van der Waals surface area contributed by atoms with E-state index in [1.807, 2.05) is 0 Å². The van der Waals surface area contributed by atoms with Crippen molar-refractivity contribution in [1.29, 1.82) is 0 Å². The topological polar surface area (TPSA) is 115 Å². The van der Waals surface area contributed by atoms with Crippen LogP contribution < -0.4 is 0 Å². The van der Waals surface area contributed by atoms with E-state index in [1.54, 1.807) is 0 Å². The van der Waals surface area contributed by atoms with Crippen LogP contribution in [0.25, 0.3) is 0 Å². The molecule has 0 spiro atoms. The zero-order valence-electron chi connectivity index (χ0n) is 12.1. The monoisotopic (exact) mass is 302 g/mol. The van der Waals surface area contributed by atoms with Gasteiger partial charge in [-0.15, -0.1) is 0 Å². The Morgan fingerprint density at radius 2 is 2.00 bits per heavy atom. The van der Waals surface area contributed by atoms with Gasteiger partial charge in [-0.05, 0) is 6.42 Å². The Morgan fingerprint density at radius 1 is 1.32 bits per heavy atom. The van der Waals surface area contributed by atoms with Crippen LogP contribution in [-0.4, -0.2) is 65.9 Å². The molecule has 112 valence electrons. The summed E-state index contributed by atoms with van der Waals surface area (Å²) in [5.41, 5.74) is 0. The summed E-state index contributed by atoms with van der Waals surface area (Å²) in [6, 6.07) is 0. The molecule has 0 saturated carbocycles. The Bertz CT molecular complexity index is 399. The van der Waals surface area contributed by atoms with Crippen molar-refractivity contribution in [2.45, 2.75) is 37.3 Å². The Labute approximate surface area is 113 Å².